The first-order valence-electron chi connectivity index (χ1n) is 8.00. The molecular weight excluding hydrogens is 404 g/mol. The molecule has 5 nitrogen and oxygen atoms in total. The van der Waals surface area contributed by atoms with Crippen LogP contribution in [0.25, 0.3) is 0 Å². The van der Waals surface area contributed by atoms with Gasteiger partial charge in [-0.05, 0) is 55.3 Å². The topological polar surface area (TPSA) is 75.3 Å². The molecule has 25 heavy (non-hydrogen) atoms. The molecule has 0 aliphatic rings. The first kappa shape index (κ1) is 19.6. The van der Waals surface area contributed by atoms with Crippen LogP contribution in [0.2, 0.25) is 0 Å². The monoisotopic (exact) mass is 424 g/mol. The van der Waals surface area contributed by atoms with Crippen molar-refractivity contribution in [2.45, 2.75) is 31.6 Å². The zero-order valence-electron chi connectivity index (χ0n) is 14.2. The van der Waals surface area contributed by atoms with Gasteiger partial charge < -0.3 is 5.32 Å². The van der Waals surface area contributed by atoms with E-state index < -0.39 is 10.0 Å². The Morgan fingerprint density at radius 3 is 2.60 bits per heavy atom. The van der Waals surface area contributed by atoms with Gasteiger partial charge in [-0.3, -0.25) is 4.79 Å². The van der Waals surface area contributed by atoms with Crippen LogP contribution in [0.4, 0.5) is 5.69 Å². The summed E-state index contributed by atoms with van der Waals surface area (Å²) in [6, 6.07) is 11.6. The highest BCUT2D eigenvalue weighted by Gasteiger charge is 2.16. The van der Waals surface area contributed by atoms with Crippen LogP contribution in [-0.2, 0) is 10.0 Å². The number of hydrogen-bond acceptors (Lipinski definition) is 3. The molecule has 2 aromatic carbocycles. The Balaban J connectivity index is 2.18. The van der Waals surface area contributed by atoms with Crippen molar-refractivity contribution in [1.29, 1.82) is 0 Å². The Kier molecular flexibility index (Phi) is 6.75. The van der Waals surface area contributed by atoms with Crippen LogP contribution in [0.1, 0.15) is 35.7 Å². The Bertz CT molecular complexity index is 866. The van der Waals surface area contributed by atoms with E-state index in [1.54, 1.807) is 18.2 Å². The second-order valence-electron chi connectivity index (χ2n) is 5.69. The molecule has 7 heteroatoms. The van der Waals surface area contributed by atoms with E-state index in [4.69, 9.17) is 0 Å². The predicted molar refractivity (Wildman–Crippen MR) is 103 cm³/mol. The van der Waals surface area contributed by atoms with E-state index in [9.17, 15) is 13.2 Å². The summed E-state index contributed by atoms with van der Waals surface area (Å²) >= 11 is 3.38. The summed E-state index contributed by atoms with van der Waals surface area (Å²) in [5, 5.41) is 2.81. The van der Waals surface area contributed by atoms with Gasteiger partial charge in [-0.1, -0.05) is 35.3 Å². The number of benzene rings is 2. The van der Waals surface area contributed by atoms with Crippen LogP contribution in [0.5, 0.6) is 0 Å². The Labute approximate surface area is 157 Å². The molecule has 0 saturated heterocycles. The largest absolute Gasteiger partial charge is 0.322 e. The Morgan fingerprint density at radius 2 is 1.92 bits per heavy atom. The maximum Gasteiger partial charge on any atom is 0.255 e. The lowest BCUT2D eigenvalue weighted by molar-refractivity contribution is 0.102. The minimum atomic E-state index is -3.61. The van der Waals surface area contributed by atoms with Gasteiger partial charge in [0.15, 0.2) is 0 Å². The zero-order valence-corrected chi connectivity index (χ0v) is 16.6. The molecule has 0 aliphatic heterocycles. The van der Waals surface area contributed by atoms with Crippen LogP contribution >= 0.6 is 15.9 Å². The lowest BCUT2D eigenvalue weighted by Gasteiger charge is -2.10. The van der Waals surface area contributed by atoms with Crippen LogP contribution in [0, 0.1) is 6.92 Å². The van der Waals surface area contributed by atoms with Crippen LogP contribution in [0.15, 0.2) is 51.8 Å². The highest BCUT2D eigenvalue weighted by atomic mass is 79.9. The lowest BCUT2D eigenvalue weighted by Crippen LogP contribution is -2.25. The molecule has 0 aliphatic carbocycles. The smallest absolute Gasteiger partial charge is 0.255 e. The van der Waals surface area contributed by atoms with E-state index in [2.05, 4.69) is 26.0 Å². The average Bonchev–Trinajstić information content (AvgIpc) is 2.57. The Morgan fingerprint density at radius 1 is 1.16 bits per heavy atom. The number of carbonyl (C=O) groups excluding carboxylic acids is 1. The number of amides is 1. The third-order valence-electron chi connectivity index (χ3n) is 3.67. The van der Waals surface area contributed by atoms with Crippen molar-refractivity contribution >= 4 is 37.5 Å². The molecule has 0 bridgehead atoms. The van der Waals surface area contributed by atoms with Crippen molar-refractivity contribution in [1.82, 2.24) is 4.72 Å². The van der Waals surface area contributed by atoms with Crippen molar-refractivity contribution < 1.29 is 13.2 Å². The van der Waals surface area contributed by atoms with Crippen LogP contribution in [0.3, 0.4) is 0 Å². The standard InChI is InChI=1S/C18H21BrN2O3S/c1-3-4-10-20-25(23,24)16-7-5-6-14(12-16)18(22)21-17-9-8-15(19)11-13(17)2/h5-9,11-12,20H,3-4,10H2,1-2H3,(H,21,22). The summed E-state index contributed by atoms with van der Waals surface area (Å²) in [6.45, 7) is 4.26. The number of rotatable bonds is 7. The zero-order chi connectivity index (χ0) is 18.4. The summed E-state index contributed by atoms with van der Waals surface area (Å²) < 4.78 is 28.0. The van der Waals surface area contributed by atoms with Crippen molar-refractivity contribution in [3.05, 3.63) is 58.1 Å². The number of sulfonamides is 1. The lowest BCUT2D eigenvalue weighted by atomic mass is 10.1. The number of carbonyl (C=O) groups is 1. The maximum atomic E-state index is 12.5. The van der Waals surface area contributed by atoms with Gasteiger partial charge in [0.2, 0.25) is 10.0 Å². The van der Waals surface area contributed by atoms with Gasteiger partial charge >= 0.3 is 0 Å². The fraction of sp³-hybridized carbons (Fsp3) is 0.278. The number of anilines is 1. The third kappa shape index (κ3) is 5.39. The van der Waals surface area contributed by atoms with Gasteiger partial charge in [-0.15, -0.1) is 0 Å². The third-order valence-corrected chi connectivity index (χ3v) is 5.62. The molecule has 0 spiro atoms. The predicted octanol–water partition coefficient (Wildman–Crippen LogP) is 4.09. The summed E-state index contributed by atoms with van der Waals surface area (Å²) in [5.74, 6) is -0.351. The molecule has 0 fully saturated rings. The summed E-state index contributed by atoms with van der Waals surface area (Å²) in [5.41, 5.74) is 1.89. The van der Waals surface area contributed by atoms with Gasteiger partial charge in [0.1, 0.15) is 0 Å². The summed E-state index contributed by atoms with van der Waals surface area (Å²) in [4.78, 5) is 12.5. The SMILES string of the molecule is CCCCNS(=O)(=O)c1cccc(C(=O)Nc2ccc(Br)cc2C)c1. The normalized spacial score (nSPS) is 11.3. The maximum absolute atomic E-state index is 12.5. The fourth-order valence-corrected chi connectivity index (χ4v) is 3.83. The molecule has 2 rings (SSSR count). The quantitative estimate of drug-likeness (QED) is 0.657. The van der Waals surface area contributed by atoms with E-state index in [0.29, 0.717) is 17.8 Å². The van der Waals surface area contributed by atoms with Gasteiger partial charge in [-0.25, -0.2) is 13.1 Å². The van der Waals surface area contributed by atoms with Crippen LogP contribution < -0.4 is 10.0 Å². The molecular formula is C18H21BrN2O3S. The summed E-state index contributed by atoms with van der Waals surface area (Å²) in [6.07, 6.45) is 1.67. The average molecular weight is 425 g/mol. The molecule has 0 radical (unpaired) electrons. The first-order chi connectivity index (χ1) is 11.8. The van der Waals surface area contributed by atoms with E-state index in [0.717, 1.165) is 22.9 Å². The second-order valence-corrected chi connectivity index (χ2v) is 8.38. The fourth-order valence-electron chi connectivity index (χ4n) is 2.23. The summed E-state index contributed by atoms with van der Waals surface area (Å²) in [7, 11) is -3.61. The van der Waals surface area contributed by atoms with Crippen molar-refractivity contribution in [3.63, 3.8) is 0 Å². The molecule has 0 heterocycles. The van der Waals surface area contributed by atoms with Crippen molar-refractivity contribution in [2.75, 3.05) is 11.9 Å². The van der Waals surface area contributed by atoms with Gasteiger partial charge in [-0.2, -0.15) is 0 Å². The first-order valence-corrected chi connectivity index (χ1v) is 10.3. The number of aryl methyl sites for hydroxylation is 1. The highest BCUT2D eigenvalue weighted by molar-refractivity contribution is 9.10. The van der Waals surface area contributed by atoms with Crippen molar-refractivity contribution in [3.8, 4) is 0 Å². The molecule has 1 amide bonds. The molecule has 0 unspecified atom stereocenters. The molecule has 2 N–H and O–H groups in total. The van der Waals surface area contributed by atoms with E-state index in [1.807, 2.05) is 26.0 Å². The van der Waals surface area contributed by atoms with Gasteiger partial charge in [0.25, 0.3) is 5.91 Å². The second kappa shape index (κ2) is 8.60. The van der Waals surface area contributed by atoms with E-state index in [-0.39, 0.29) is 10.8 Å². The molecule has 0 aromatic heterocycles. The van der Waals surface area contributed by atoms with E-state index >= 15 is 0 Å². The number of hydrogen-bond donors (Lipinski definition) is 2. The Hall–Kier alpha value is -1.70. The number of nitrogens with one attached hydrogen (secondary N) is 2. The van der Waals surface area contributed by atoms with Crippen LogP contribution in [-0.4, -0.2) is 20.9 Å². The van der Waals surface area contributed by atoms with Gasteiger partial charge in [0, 0.05) is 22.3 Å². The molecule has 0 saturated carbocycles. The van der Waals surface area contributed by atoms with E-state index in [1.165, 1.54) is 12.1 Å². The molecule has 134 valence electrons. The minimum Gasteiger partial charge on any atom is -0.322 e. The minimum absolute atomic E-state index is 0.0868. The molecule has 2 aromatic rings. The highest BCUT2D eigenvalue weighted by Crippen LogP contribution is 2.21. The molecule has 0 atom stereocenters. The number of halogens is 1. The number of unbranched alkanes of at least 4 members (excludes halogenated alkanes) is 1. The van der Waals surface area contributed by atoms with Crippen molar-refractivity contribution in [2.24, 2.45) is 0 Å². The van der Waals surface area contributed by atoms with Gasteiger partial charge in [0.05, 0.1) is 4.90 Å².